The first-order valence-electron chi connectivity index (χ1n) is 3.84. The molecule has 0 aliphatic heterocycles. The van der Waals surface area contributed by atoms with E-state index in [2.05, 4.69) is 5.32 Å². The van der Waals surface area contributed by atoms with Crippen molar-refractivity contribution in [1.82, 2.24) is 5.32 Å². The number of carboxylic acid groups (broad SMARTS) is 2. The highest BCUT2D eigenvalue weighted by atomic mass is 16.4. The van der Waals surface area contributed by atoms with Crippen LogP contribution in [0.15, 0.2) is 11.6 Å². The van der Waals surface area contributed by atoms with Crippen molar-refractivity contribution >= 4 is 17.8 Å². The third-order valence-corrected chi connectivity index (χ3v) is 1.32. The van der Waals surface area contributed by atoms with E-state index in [1.165, 1.54) is 6.92 Å². The fourth-order valence-corrected chi connectivity index (χ4v) is 0.673. The number of rotatable bonds is 5. The fraction of sp³-hybridized carbons (Fsp3) is 0.375. The Bertz CT molecular complexity index is 281. The Morgan fingerprint density at radius 2 is 1.86 bits per heavy atom. The van der Waals surface area contributed by atoms with E-state index in [4.69, 9.17) is 10.2 Å². The third-order valence-electron chi connectivity index (χ3n) is 1.32. The zero-order valence-corrected chi connectivity index (χ0v) is 7.61. The second kappa shape index (κ2) is 5.74. The maximum Gasteiger partial charge on any atom is 0.328 e. The largest absolute Gasteiger partial charge is 0.481 e. The van der Waals surface area contributed by atoms with E-state index in [9.17, 15) is 14.4 Å². The molecule has 0 radical (unpaired) electrons. The molecule has 0 atom stereocenters. The molecule has 0 saturated carbocycles. The maximum atomic E-state index is 11.0. The molecule has 3 N–H and O–H groups in total. The molecule has 0 saturated heterocycles. The van der Waals surface area contributed by atoms with Crippen molar-refractivity contribution in [2.45, 2.75) is 13.3 Å². The van der Waals surface area contributed by atoms with Gasteiger partial charge in [0, 0.05) is 18.2 Å². The van der Waals surface area contributed by atoms with E-state index in [-0.39, 0.29) is 18.5 Å². The molecular formula is C8H11NO5. The van der Waals surface area contributed by atoms with Gasteiger partial charge in [0.05, 0.1) is 6.42 Å². The van der Waals surface area contributed by atoms with Crippen LogP contribution in [0.25, 0.3) is 0 Å². The SMILES string of the molecule is CC(=CC(=O)O)C(=O)NCCC(=O)O. The summed E-state index contributed by atoms with van der Waals surface area (Å²) in [5, 5.41) is 18.8. The molecule has 0 aliphatic rings. The van der Waals surface area contributed by atoms with Crippen molar-refractivity contribution in [3.05, 3.63) is 11.6 Å². The molecule has 0 aromatic rings. The lowest BCUT2D eigenvalue weighted by Gasteiger charge is -2.01. The number of hydrogen-bond donors (Lipinski definition) is 3. The van der Waals surface area contributed by atoms with E-state index in [0.717, 1.165) is 6.08 Å². The summed E-state index contributed by atoms with van der Waals surface area (Å²) in [5.74, 6) is -2.81. The number of amides is 1. The van der Waals surface area contributed by atoms with Crippen LogP contribution in [-0.4, -0.2) is 34.6 Å². The van der Waals surface area contributed by atoms with Gasteiger partial charge in [-0.3, -0.25) is 9.59 Å². The molecule has 14 heavy (non-hydrogen) atoms. The lowest BCUT2D eigenvalue weighted by atomic mass is 10.2. The molecule has 6 nitrogen and oxygen atoms in total. The Labute approximate surface area is 80.2 Å². The Balaban J connectivity index is 3.97. The van der Waals surface area contributed by atoms with E-state index >= 15 is 0 Å². The second-order valence-electron chi connectivity index (χ2n) is 2.57. The average Bonchev–Trinajstić information content (AvgIpc) is 2.01. The van der Waals surface area contributed by atoms with Gasteiger partial charge in [0.15, 0.2) is 0 Å². The lowest BCUT2D eigenvalue weighted by Crippen LogP contribution is -2.26. The molecule has 0 aromatic carbocycles. The summed E-state index contributed by atoms with van der Waals surface area (Å²) in [6.45, 7) is 1.32. The first-order valence-corrected chi connectivity index (χ1v) is 3.84. The van der Waals surface area contributed by atoms with Crippen LogP contribution in [0.5, 0.6) is 0 Å². The minimum Gasteiger partial charge on any atom is -0.481 e. The predicted molar refractivity (Wildman–Crippen MR) is 46.7 cm³/mol. The quantitative estimate of drug-likeness (QED) is 0.525. The highest BCUT2D eigenvalue weighted by molar-refractivity contribution is 5.98. The van der Waals surface area contributed by atoms with Crippen molar-refractivity contribution in [2.75, 3.05) is 6.54 Å². The van der Waals surface area contributed by atoms with Crippen LogP contribution < -0.4 is 5.32 Å². The van der Waals surface area contributed by atoms with Gasteiger partial charge in [-0.15, -0.1) is 0 Å². The number of carbonyl (C=O) groups is 3. The van der Waals surface area contributed by atoms with Crippen LogP contribution in [0.4, 0.5) is 0 Å². The number of aliphatic carboxylic acids is 2. The van der Waals surface area contributed by atoms with Gasteiger partial charge < -0.3 is 15.5 Å². The first-order chi connectivity index (χ1) is 6.43. The zero-order chi connectivity index (χ0) is 11.1. The van der Waals surface area contributed by atoms with Gasteiger partial charge in [-0.25, -0.2) is 4.79 Å². The maximum absolute atomic E-state index is 11.0. The van der Waals surface area contributed by atoms with Gasteiger partial charge in [-0.05, 0) is 6.92 Å². The van der Waals surface area contributed by atoms with Gasteiger partial charge in [0.2, 0.25) is 5.91 Å². The molecular weight excluding hydrogens is 190 g/mol. The first kappa shape index (κ1) is 12.2. The fourth-order valence-electron chi connectivity index (χ4n) is 0.673. The summed E-state index contributed by atoms with van der Waals surface area (Å²) in [4.78, 5) is 31.2. The number of carbonyl (C=O) groups excluding carboxylic acids is 1. The molecule has 6 heteroatoms. The monoisotopic (exact) mass is 201 g/mol. The highest BCUT2D eigenvalue weighted by Crippen LogP contribution is 1.91. The molecule has 0 heterocycles. The minimum absolute atomic E-state index is 0.0149. The summed E-state index contributed by atoms with van der Waals surface area (Å²) in [6, 6.07) is 0. The minimum atomic E-state index is -1.21. The molecule has 1 amide bonds. The van der Waals surface area contributed by atoms with Crippen LogP contribution in [0.1, 0.15) is 13.3 Å². The summed E-state index contributed by atoms with van der Waals surface area (Å²) >= 11 is 0. The van der Waals surface area contributed by atoms with E-state index in [1.807, 2.05) is 0 Å². The number of nitrogens with one attached hydrogen (secondary N) is 1. The number of hydrogen-bond acceptors (Lipinski definition) is 3. The number of carboxylic acids is 2. The summed E-state index contributed by atoms with van der Waals surface area (Å²) in [5.41, 5.74) is 0.0305. The van der Waals surface area contributed by atoms with Gasteiger partial charge in [0.25, 0.3) is 0 Å². The van der Waals surface area contributed by atoms with Gasteiger partial charge >= 0.3 is 11.9 Å². The van der Waals surface area contributed by atoms with Crippen LogP contribution in [0.3, 0.4) is 0 Å². The standard InChI is InChI=1S/C8H11NO5/c1-5(4-7(12)13)8(14)9-3-2-6(10)11/h4H,2-3H2,1H3,(H,9,14)(H,10,11)(H,12,13). The van der Waals surface area contributed by atoms with Crippen LogP contribution in [0, 0.1) is 0 Å². The van der Waals surface area contributed by atoms with Gasteiger partial charge in [-0.2, -0.15) is 0 Å². The summed E-state index contributed by atoms with van der Waals surface area (Å²) < 4.78 is 0. The normalized spacial score (nSPS) is 10.8. The molecule has 0 aliphatic carbocycles. The highest BCUT2D eigenvalue weighted by Gasteiger charge is 2.05. The molecule has 0 bridgehead atoms. The van der Waals surface area contributed by atoms with Gasteiger partial charge in [-0.1, -0.05) is 0 Å². The molecule has 0 unspecified atom stereocenters. The zero-order valence-electron chi connectivity index (χ0n) is 7.61. The smallest absolute Gasteiger partial charge is 0.328 e. The molecule has 0 spiro atoms. The van der Waals surface area contributed by atoms with Crippen LogP contribution in [0.2, 0.25) is 0 Å². The summed E-state index contributed by atoms with van der Waals surface area (Å²) in [7, 11) is 0. The Hall–Kier alpha value is -1.85. The van der Waals surface area contributed by atoms with Crippen molar-refractivity contribution in [3.63, 3.8) is 0 Å². The van der Waals surface area contributed by atoms with Crippen molar-refractivity contribution in [3.8, 4) is 0 Å². The molecule has 0 fully saturated rings. The van der Waals surface area contributed by atoms with Crippen molar-refractivity contribution in [1.29, 1.82) is 0 Å². The van der Waals surface area contributed by atoms with Crippen molar-refractivity contribution < 1.29 is 24.6 Å². The Morgan fingerprint density at radius 3 is 2.29 bits per heavy atom. The van der Waals surface area contributed by atoms with E-state index in [1.54, 1.807) is 0 Å². The molecule has 78 valence electrons. The topological polar surface area (TPSA) is 104 Å². The summed E-state index contributed by atoms with van der Waals surface area (Å²) in [6.07, 6.45) is 0.572. The molecule has 0 aromatic heterocycles. The predicted octanol–water partition coefficient (Wildman–Crippen LogP) is -0.392. The Morgan fingerprint density at radius 1 is 1.29 bits per heavy atom. The Kier molecular flexibility index (Phi) is 4.98. The van der Waals surface area contributed by atoms with Crippen LogP contribution in [-0.2, 0) is 14.4 Å². The van der Waals surface area contributed by atoms with Gasteiger partial charge in [0.1, 0.15) is 0 Å². The average molecular weight is 201 g/mol. The van der Waals surface area contributed by atoms with Crippen molar-refractivity contribution in [2.24, 2.45) is 0 Å². The molecule has 0 rings (SSSR count). The second-order valence-corrected chi connectivity index (χ2v) is 2.57. The lowest BCUT2D eigenvalue weighted by molar-refractivity contribution is -0.137. The van der Waals surface area contributed by atoms with E-state index in [0.29, 0.717) is 0 Å². The van der Waals surface area contributed by atoms with Crippen LogP contribution >= 0.6 is 0 Å². The van der Waals surface area contributed by atoms with E-state index < -0.39 is 17.8 Å². The third kappa shape index (κ3) is 5.76.